The molecule has 0 radical (unpaired) electrons. The summed E-state index contributed by atoms with van der Waals surface area (Å²) in [5.41, 5.74) is -0.0523. The highest BCUT2D eigenvalue weighted by molar-refractivity contribution is 6.32. The molecule has 0 atom stereocenters. The highest BCUT2D eigenvalue weighted by Crippen LogP contribution is 2.14. The molecule has 5 heteroatoms. The zero-order valence-electron chi connectivity index (χ0n) is 6.88. The standard InChI is InChI=1S/C8H7ClFNO2/c1-2-13-8(12)6-3-5(10)4-11-7(6)9/h3-4H,2H2,1H3/i7+2. The molecule has 13 heavy (non-hydrogen) atoms. The summed E-state index contributed by atoms with van der Waals surface area (Å²) in [6.45, 7) is 1.87. The summed E-state index contributed by atoms with van der Waals surface area (Å²) < 4.78 is 17.3. The molecular weight excluding hydrogens is 199 g/mol. The van der Waals surface area contributed by atoms with Crippen LogP contribution < -0.4 is 0 Å². The Morgan fingerprint density at radius 1 is 1.85 bits per heavy atom. The van der Waals surface area contributed by atoms with E-state index in [4.69, 9.17) is 11.6 Å². The van der Waals surface area contributed by atoms with Crippen molar-refractivity contribution in [3.05, 3.63) is 28.8 Å². The fourth-order valence-electron chi connectivity index (χ4n) is 0.775. The molecule has 0 N–H and O–H groups in total. The van der Waals surface area contributed by atoms with Crippen molar-refractivity contribution in [2.24, 2.45) is 0 Å². The Morgan fingerprint density at radius 3 is 3.15 bits per heavy atom. The van der Waals surface area contributed by atoms with Crippen molar-refractivity contribution in [2.75, 3.05) is 6.61 Å². The smallest absolute Gasteiger partial charge is 0.341 e. The number of carbonyl (C=O) groups is 1. The van der Waals surface area contributed by atoms with Crippen LogP contribution in [0.2, 0.25) is 5.15 Å². The fraction of sp³-hybridized carbons (Fsp3) is 0.250. The minimum atomic E-state index is -0.667. The van der Waals surface area contributed by atoms with E-state index in [1.54, 1.807) is 6.92 Å². The molecule has 0 saturated carbocycles. The van der Waals surface area contributed by atoms with Crippen LogP contribution in [0.1, 0.15) is 17.3 Å². The number of esters is 1. The molecule has 0 fully saturated rings. The molecule has 0 aliphatic rings. The van der Waals surface area contributed by atoms with Gasteiger partial charge in [0.25, 0.3) is 0 Å². The van der Waals surface area contributed by atoms with E-state index >= 15 is 0 Å². The van der Waals surface area contributed by atoms with Crippen LogP contribution in [-0.4, -0.2) is 17.6 Å². The van der Waals surface area contributed by atoms with Gasteiger partial charge >= 0.3 is 5.97 Å². The van der Waals surface area contributed by atoms with Crippen molar-refractivity contribution >= 4 is 17.6 Å². The highest BCUT2D eigenvalue weighted by atomic mass is 35.5. The average Bonchev–Trinajstić information content (AvgIpc) is 2.09. The van der Waals surface area contributed by atoms with Gasteiger partial charge in [-0.05, 0) is 13.0 Å². The van der Waals surface area contributed by atoms with Crippen molar-refractivity contribution < 1.29 is 13.9 Å². The molecule has 0 aromatic carbocycles. The van der Waals surface area contributed by atoms with E-state index in [1.807, 2.05) is 0 Å². The lowest BCUT2D eigenvalue weighted by atomic mass is 10.4. The molecule has 70 valence electrons. The number of ether oxygens (including phenoxy) is 1. The highest BCUT2D eigenvalue weighted by Gasteiger charge is 2.13. The third-order valence-corrected chi connectivity index (χ3v) is 1.60. The molecule has 0 saturated heterocycles. The molecule has 1 aromatic rings. The number of nitrogens with zero attached hydrogens (tertiary/aromatic N) is 1. The predicted molar refractivity (Wildman–Crippen MR) is 45.2 cm³/mol. The van der Waals surface area contributed by atoms with E-state index in [0.717, 1.165) is 12.3 Å². The molecule has 0 aliphatic heterocycles. The first-order chi connectivity index (χ1) is 6.15. The summed E-state index contributed by atoms with van der Waals surface area (Å²) in [5.74, 6) is -1.29. The van der Waals surface area contributed by atoms with E-state index in [0.29, 0.717) is 0 Å². The number of hydrogen-bond donors (Lipinski definition) is 0. The van der Waals surface area contributed by atoms with Gasteiger partial charge in [-0.25, -0.2) is 14.2 Å². The SMILES string of the molecule is CCOC(=O)c1cc(F)cn[14c]1Cl. The normalized spacial score (nSPS) is 9.77. The Hall–Kier alpha value is -1.16. The first kappa shape index (κ1) is 9.92. The van der Waals surface area contributed by atoms with Gasteiger partial charge < -0.3 is 4.74 Å². The number of aromatic nitrogens is 1. The van der Waals surface area contributed by atoms with Crippen molar-refractivity contribution in [3.8, 4) is 0 Å². The van der Waals surface area contributed by atoms with E-state index in [2.05, 4.69) is 9.72 Å². The monoisotopic (exact) mass is 205 g/mol. The van der Waals surface area contributed by atoms with E-state index in [1.165, 1.54) is 0 Å². The van der Waals surface area contributed by atoms with E-state index in [9.17, 15) is 9.18 Å². The Labute approximate surface area is 79.5 Å². The topological polar surface area (TPSA) is 39.2 Å². The largest absolute Gasteiger partial charge is 0.462 e. The van der Waals surface area contributed by atoms with Crippen LogP contribution in [0.5, 0.6) is 0 Å². The van der Waals surface area contributed by atoms with Gasteiger partial charge in [-0.3, -0.25) is 0 Å². The van der Waals surface area contributed by atoms with Gasteiger partial charge in [0.15, 0.2) is 0 Å². The molecule has 3 nitrogen and oxygen atoms in total. The van der Waals surface area contributed by atoms with Gasteiger partial charge in [0, 0.05) is 0 Å². The third-order valence-electron chi connectivity index (χ3n) is 1.30. The van der Waals surface area contributed by atoms with Gasteiger partial charge in [-0.15, -0.1) is 0 Å². The van der Waals surface area contributed by atoms with Gasteiger partial charge in [0.1, 0.15) is 11.0 Å². The molecule has 1 aromatic heterocycles. The number of halogens is 2. The molecule has 0 amide bonds. The molecular formula is C8H7ClFNO2. The minimum Gasteiger partial charge on any atom is -0.462 e. The second kappa shape index (κ2) is 4.18. The van der Waals surface area contributed by atoms with Crippen LogP contribution in [-0.2, 0) is 4.74 Å². The second-order valence-corrected chi connectivity index (χ2v) is 2.57. The number of hydrogen-bond acceptors (Lipinski definition) is 3. The quantitative estimate of drug-likeness (QED) is 0.548. The zero-order chi connectivity index (χ0) is 9.84. The molecule has 0 aliphatic carbocycles. The van der Waals surface area contributed by atoms with Crippen LogP contribution >= 0.6 is 11.6 Å². The first-order valence-corrected chi connectivity index (χ1v) is 4.01. The number of carbonyl (C=O) groups excluding carboxylic acids is 1. The summed E-state index contributed by atoms with van der Waals surface area (Å²) in [6, 6.07) is 0.993. The van der Waals surface area contributed by atoms with Crippen LogP contribution in [0.25, 0.3) is 0 Å². The van der Waals surface area contributed by atoms with Crippen molar-refractivity contribution in [2.45, 2.75) is 6.92 Å². The van der Waals surface area contributed by atoms with Gasteiger partial charge in [0.05, 0.1) is 18.4 Å². The molecule has 1 rings (SSSR count). The molecule has 0 spiro atoms. The summed E-state index contributed by atoms with van der Waals surface area (Å²) in [4.78, 5) is 14.6. The third kappa shape index (κ3) is 2.39. The van der Waals surface area contributed by atoms with Crippen molar-refractivity contribution in [1.82, 2.24) is 4.98 Å². The lowest BCUT2D eigenvalue weighted by molar-refractivity contribution is 0.0525. The fourth-order valence-corrected chi connectivity index (χ4v) is 0.955. The predicted octanol–water partition coefficient (Wildman–Crippen LogP) is 2.05. The van der Waals surface area contributed by atoms with Crippen molar-refractivity contribution in [3.63, 3.8) is 0 Å². The number of rotatable bonds is 2. The van der Waals surface area contributed by atoms with Crippen LogP contribution in [0.15, 0.2) is 12.3 Å². The molecule has 0 unspecified atom stereocenters. The number of pyridine rings is 1. The Balaban J connectivity index is 2.99. The summed E-state index contributed by atoms with van der Waals surface area (Å²) in [5, 5.41) is -0.0557. The molecule has 0 bridgehead atoms. The van der Waals surface area contributed by atoms with Crippen LogP contribution in [0, 0.1) is 5.82 Å². The van der Waals surface area contributed by atoms with Gasteiger partial charge in [-0.1, -0.05) is 11.6 Å². The summed E-state index contributed by atoms with van der Waals surface area (Å²) in [7, 11) is 0. The van der Waals surface area contributed by atoms with Crippen LogP contribution in [0.3, 0.4) is 0 Å². The lowest BCUT2D eigenvalue weighted by Crippen LogP contribution is -2.06. The average molecular weight is 206 g/mol. The van der Waals surface area contributed by atoms with E-state index < -0.39 is 11.8 Å². The summed E-state index contributed by atoms with van der Waals surface area (Å²) in [6.07, 6.45) is 0.936. The second-order valence-electron chi connectivity index (χ2n) is 2.21. The maximum atomic E-state index is 12.6. The lowest BCUT2D eigenvalue weighted by Gasteiger charge is -2.02. The first-order valence-electron chi connectivity index (χ1n) is 3.63. The van der Waals surface area contributed by atoms with E-state index in [-0.39, 0.29) is 17.3 Å². The molecule has 1 heterocycles. The zero-order valence-corrected chi connectivity index (χ0v) is 7.64. The van der Waals surface area contributed by atoms with Crippen LogP contribution in [0.4, 0.5) is 4.39 Å². The van der Waals surface area contributed by atoms with Gasteiger partial charge in [0.2, 0.25) is 0 Å². The van der Waals surface area contributed by atoms with Crippen molar-refractivity contribution in [1.29, 1.82) is 0 Å². The Bertz CT molecular complexity index is 330. The maximum Gasteiger partial charge on any atom is 0.341 e. The Kier molecular flexibility index (Phi) is 3.19. The Morgan fingerprint density at radius 2 is 2.54 bits per heavy atom. The summed E-state index contributed by atoms with van der Waals surface area (Å²) >= 11 is 5.55. The maximum absolute atomic E-state index is 12.6. The minimum absolute atomic E-state index is 0.0523. The van der Waals surface area contributed by atoms with Gasteiger partial charge in [-0.2, -0.15) is 0 Å².